The summed E-state index contributed by atoms with van der Waals surface area (Å²) in [6, 6.07) is 0. The van der Waals surface area contributed by atoms with Gasteiger partial charge in [0.15, 0.2) is 0 Å². The Kier molecular flexibility index (Phi) is 4.15. The maximum atomic E-state index is 10.5. The van der Waals surface area contributed by atoms with Crippen LogP contribution in [0, 0.1) is 0 Å². The molecule has 0 aliphatic rings. The van der Waals surface area contributed by atoms with Crippen LogP contribution in [0.5, 0.6) is 0 Å². The molecule has 0 aromatic rings. The van der Waals surface area contributed by atoms with E-state index in [1.807, 2.05) is 0 Å². The average Bonchev–Trinajstić information content (AvgIpc) is 1.82. The zero-order valence-electron chi connectivity index (χ0n) is 6.43. The molecule has 0 spiro atoms. The van der Waals surface area contributed by atoms with Crippen molar-refractivity contribution in [2.24, 2.45) is 0 Å². The number of hydrogen-bond acceptors (Lipinski definition) is 5. The van der Waals surface area contributed by atoms with Crippen molar-refractivity contribution in [2.75, 3.05) is 12.9 Å². The minimum Gasteiger partial charge on any atom is -0.481 e. The van der Waals surface area contributed by atoms with Gasteiger partial charge in [0.2, 0.25) is 0 Å². The summed E-state index contributed by atoms with van der Waals surface area (Å²) in [6.07, 6.45) is -0.946. The van der Waals surface area contributed by atoms with Crippen LogP contribution in [0.4, 0.5) is 0 Å². The molecule has 0 aromatic heterocycles. The third-order valence-electron chi connectivity index (χ3n) is 0.917. The summed E-state index contributed by atoms with van der Waals surface area (Å²) >= 11 is 0. The van der Waals surface area contributed by atoms with Crippen molar-refractivity contribution in [1.82, 2.24) is 0 Å². The van der Waals surface area contributed by atoms with Gasteiger partial charge in [0.1, 0.15) is 6.10 Å². The number of aliphatic hydroxyl groups excluding tert-OH is 1. The van der Waals surface area contributed by atoms with Crippen LogP contribution in [0.25, 0.3) is 0 Å². The van der Waals surface area contributed by atoms with Gasteiger partial charge in [-0.25, -0.2) is 0 Å². The number of carboxylic acids is 1. The van der Waals surface area contributed by atoms with Gasteiger partial charge in [-0.05, 0) is 0 Å². The molecular formula is C5H10O6S. The highest BCUT2D eigenvalue weighted by Gasteiger charge is 2.17. The van der Waals surface area contributed by atoms with E-state index in [1.165, 1.54) is 0 Å². The number of carboxylic acid groups (broad SMARTS) is 1. The second kappa shape index (κ2) is 4.39. The van der Waals surface area contributed by atoms with Crippen LogP contribution in [0.1, 0.15) is 6.42 Å². The van der Waals surface area contributed by atoms with Gasteiger partial charge < -0.3 is 10.2 Å². The fraction of sp³-hybridized carbons (Fsp3) is 0.800. The van der Waals surface area contributed by atoms with E-state index in [-0.39, 0.29) is 0 Å². The highest BCUT2D eigenvalue weighted by atomic mass is 32.2. The van der Waals surface area contributed by atoms with Crippen molar-refractivity contribution >= 4 is 16.1 Å². The Labute approximate surface area is 69.9 Å². The Morgan fingerprint density at radius 2 is 2.08 bits per heavy atom. The van der Waals surface area contributed by atoms with E-state index in [1.54, 1.807) is 0 Å². The fourth-order valence-electron chi connectivity index (χ4n) is 0.571. The molecule has 6 nitrogen and oxygen atoms in total. The topological polar surface area (TPSA) is 101 Å². The Morgan fingerprint density at radius 3 is 2.33 bits per heavy atom. The molecule has 1 atom stereocenters. The van der Waals surface area contributed by atoms with Crippen molar-refractivity contribution in [3.05, 3.63) is 0 Å². The maximum absolute atomic E-state index is 10.5. The lowest BCUT2D eigenvalue weighted by Gasteiger charge is -2.09. The molecule has 0 radical (unpaired) electrons. The van der Waals surface area contributed by atoms with Gasteiger partial charge in [-0.15, -0.1) is 0 Å². The number of aliphatic hydroxyl groups is 1. The second-order valence-corrected chi connectivity index (χ2v) is 3.80. The first-order valence-electron chi connectivity index (χ1n) is 3.06. The molecular weight excluding hydrogens is 188 g/mol. The van der Waals surface area contributed by atoms with E-state index < -0.39 is 35.2 Å². The van der Waals surface area contributed by atoms with Gasteiger partial charge in [-0.3, -0.25) is 8.98 Å². The van der Waals surface area contributed by atoms with E-state index >= 15 is 0 Å². The smallest absolute Gasteiger partial charge is 0.306 e. The highest BCUT2D eigenvalue weighted by molar-refractivity contribution is 7.86. The number of aliphatic carboxylic acids is 1. The summed E-state index contributed by atoms with van der Waals surface area (Å²) in [5.74, 6) is -1.22. The Morgan fingerprint density at radius 1 is 1.58 bits per heavy atom. The monoisotopic (exact) mass is 198 g/mol. The summed E-state index contributed by atoms with van der Waals surface area (Å²) in [4.78, 5) is 10.1. The molecule has 0 aromatic carbocycles. The van der Waals surface area contributed by atoms with Crippen molar-refractivity contribution in [2.45, 2.75) is 12.5 Å². The molecule has 7 heteroatoms. The van der Waals surface area contributed by atoms with E-state index in [9.17, 15) is 13.2 Å². The third-order valence-corrected chi connectivity index (χ3v) is 1.54. The normalized spacial score (nSPS) is 14.2. The van der Waals surface area contributed by atoms with Crippen molar-refractivity contribution < 1.29 is 27.6 Å². The van der Waals surface area contributed by atoms with Gasteiger partial charge in [0.25, 0.3) is 10.1 Å². The lowest BCUT2D eigenvalue weighted by molar-refractivity contribution is -0.139. The highest BCUT2D eigenvalue weighted by Crippen LogP contribution is 2.01. The summed E-state index contributed by atoms with van der Waals surface area (Å²) in [5.41, 5.74) is 0. The summed E-state index contributed by atoms with van der Waals surface area (Å²) in [6.45, 7) is -0.640. The van der Waals surface area contributed by atoms with Gasteiger partial charge in [0, 0.05) is 0 Å². The van der Waals surface area contributed by atoms with Gasteiger partial charge in [0.05, 0.1) is 19.3 Å². The molecule has 72 valence electrons. The minimum absolute atomic E-state index is 0.538. The van der Waals surface area contributed by atoms with Crippen LogP contribution < -0.4 is 0 Å². The minimum atomic E-state index is -3.70. The molecule has 1 unspecified atom stereocenters. The van der Waals surface area contributed by atoms with Gasteiger partial charge >= 0.3 is 5.97 Å². The van der Waals surface area contributed by atoms with E-state index in [0.29, 0.717) is 0 Å². The van der Waals surface area contributed by atoms with Crippen LogP contribution in [0.2, 0.25) is 0 Å². The third kappa shape index (κ3) is 6.08. The number of carbonyl (C=O) groups is 1. The summed E-state index contributed by atoms with van der Waals surface area (Å²) < 4.78 is 25.2. The molecule has 0 bridgehead atoms. The molecule has 0 saturated carbocycles. The van der Waals surface area contributed by atoms with Crippen molar-refractivity contribution in [3.8, 4) is 0 Å². The maximum Gasteiger partial charge on any atom is 0.306 e. The lowest BCUT2D eigenvalue weighted by atomic mass is 10.3. The molecule has 12 heavy (non-hydrogen) atoms. The van der Waals surface area contributed by atoms with E-state index in [0.717, 1.165) is 6.26 Å². The van der Waals surface area contributed by atoms with Crippen LogP contribution >= 0.6 is 0 Å². The molecule has 0 rings (SSSR count). The van der Waals surface area contributed by atoms with Crippen LogP contribution in [0.15, 0.2) is 0 Å². The first kappa shape index (κ1) is 11.3. The number of rotatable bonds is 5. The first-order chi connectivity index (χ1) is 5.35. The van der Waals surface area contributed by atoms with Crippen molar-refractivity contribution in [1.29, 1.82) is 0 Å². The van der Waals surface area contributed by atoms with Crippen LogP contribution in [-0.2, 0) is 19.1 Å². The Balaban J connectivity index is 4.10. The van der Waals surface area contributed by atoms with Gasteiger partial charge in [-0.2, -0.15) is 8.42 Å². The predicted molar refractivity (Wildman–Crippen MR) is 39.1 cm³/mol. The number of hydrogen-bond donors (Lipinski definition) is 2. The summed E-state index contributed by atoms with van der Waals surface area (Å²) in [5, 5.41) is 16.7. The SMILES string of the molecule is CS(=O)(=O)OC(CO)CC(=O)O. The van der Waals surface area contributed by atoms with Crippen LogP contribution in [-0.4, -0.2) is 43.6 Å². The molecule has 0 saturated heterocycles. The largest absolute Gasteiger partial charge is 0.481 e. The lowest BCUT2D eigenvalue weighted by Crippen LogP contribution is -2.24. The van der Waals surface area contributed by atoms with E-state index in [4.69, 9.17) is 10.2 Å². The zero-order chi connectivity index (χ0) is 9.78. The Bertz CT molecular complexity index is 243. The Hall–Kier alpha value is -0.660. The van der Waals surface area contributed by atoms with E-state index in [2.05, 4.69) is 4.18 Å². The molecule has 0 amide bonds. The molecule has 0 heterocycles. The van der Waals surface area contributed by atoms with Crippen molar-refractivity contribution in [3.63, 3.8) is 0 Å². The second-order valence-electron chi connectivity index (χ2n) is 2.20. The quantitative estimate of drug-likeness (QED) is 0.538. The molecule has 0 fully saturated rings. The zero-order valence-corrected chi connectivity index (χ0v) is 7.24. The average molecular weight is 198 g/mol. The molecule has 2 N–H and O–H groups in total. The summed E-state index contributed by atoms with van der Waals surface area (Å²) in [7, 11) is -3.70. The van der Waals surface area contributed by atoms with Crippen LogP contribution in [0.3, 0.4) is 0 Å². The standard InChI is InChI=1S/C5H10O6S/c1-12(9,10)11-4(3-6)2-5(7)8/h4,6H,2-3H2,1H3,(H,7,8). The first-order valence-corrected chi connectivity index (χ1v) is 4.87. The molecule has 0 aliphatic heterocycles. The predicted octanol–water partition coefficient (Wildman–Crippen LogP) is -1.20. The molecule has 0 aliphatic carbocycles. The van der Waals surface area contributed by atoms with Gasteiger partial charge in [-0.1, -0.05) is 0 Å². The fourth-order valence-corrected chi connectivity index (χ4v) is 1.19.